The van der Waals surface area contributed by atoms with E-state index in [0.717, 1.165) is 44.3 Å². The van der Waals surface area contributed by atoms with Crippen molar-refractivity contribution in [3.05, 3.63) is 17.0 Å². The molecule has 0 aromatic carbocycles. The Morgan fingerprint density at radius 3 is 2.52 bits per heavy atom. The third kappa shape index (κ3) is 5.09. The normalized spacial score (nSPS) is 17.3. The summed E-state index contributed by atoms with van der Waals surface area (Å²) in [6.07, 6.45) is 2.19. The van der Waals surface area contributed by atoms with E-state index >= 15 is 0 Å². The van der Waals surface area contributed by atoms with Gasteiger partial charge < -0.3 is 10.2 Å². The zero-order chi connectivity index (χ0) is 16.3. The molecule has 0 saturated carbocycles. The Kier molecular flexibility index (Phi) is 7.35. The fourth-order valence-corrected chi connectivity index (χ4v) is 3.17. The van der Waals surface area contributed by atoms with E-state index in [-0.39, 0.29) is 24.0 Å². The van der Waals surface area contributed by atoms with Crippen LogP contribution in [0, 0.1) is 19.3 Å². The first-order chi connectivity index (χ1) is 10.3. The molecule has 1 aliphatic heterocycles. The minimum absolute atomic E-state index is 0. The molecule has 0 spiro atoms. The van der Waals surface area contributed by atoms with Crippen molar-refractivity contribution < 1.29 is 0 Å². The van der Waals surface area contributed by atoms with Gasteiger partial charge in [-0.25, -0.2) is 0 Å². The first-order valence-corrected chi connectivity index (χ1v) is 8.36. The lowest BCUT2D eigenvalue weighted by molar-refractivity contribution is 0.370. The Balaban J connectivity index is 0.00000264. The summed E-state index contributed by atoms with van der Waals surface area (Å²) < 4.78 is 1.96. The Hall–Kier alpha value is -0.790. The molecule has 1 fully saturated rings. The number of guanidine groups is 1. The molecule has 0 radical (unpaired) electrons. The topological polar surface area (TPSA) is 45.5 Å². The molecular weight excluding hydrogens is 401 g/mol. The molecule has 0 amide bonds. The van der Waals surface area contributed by atoms with Crippen LogP contribution in [0.5, 0.6) is 0 Å². The monoisotopic (exact) mass is 433 g/mol. The smallest absolute Gasteiger partial charge is 0.193 e. The summed E-state index contributed by atoms with van der Waals surface area (Å²) in [6, 6.07) is 0. The first kappa shape index (κ1) is 20.3. The second kappa shape index (κ2) is 8.35. The molecule has 0 atom stereocenters. The number of likely N-dealkylation sites (tertiary alicyclic amines) is 1. The summed E-state index contributed by atoms with van der Waals surface area (Å²) >= 11 is 0. The highest BCUT2D eigenvalue weighted by atomic mass is 127. The van der Waals surface area contributed by atoms with Crippen LogP contribution in [-0.4, -0.2) is 46.8 Å². The van der Waals surface area contributed by atoms with Crippen molar-refractivity contribution in [1.82, 2.24) is 20.0 Å². The maximum absolute atomic E-state index is 4.84. The summed E-state index contributed by atoms with van der Waals surface area (Å²) in [4.78, 5) is 7.24. The number of aliphatic imine (C=N–C) groups is 1. The zero-order valence-electron chi connectivity index (χ0n) is 15.4. The average molecular weight is 433 g/mol. The predicted molar refractivity (Wildman–Crippen MR) is 108 cm³/mol. The molecule has 0 bridgehead atoms. The van der Waals surface area contributed by atoms with Crippen molar-refractivity contribution in [1.29, 1.82) is 0 Å². The zero-order valence-corrected chi connectivity index (χ0v) is 17.8. The van der Waals surface area contributed by atoms with Crippen LogP contribution in [-0.2, 0) is 13.5 Å². The first-order valence-electron chi connectivity index (χ1n) is 8.36. The van der Waals surface area contributed by atoms with E-state index in [4.69, 9.17) is 4.99 Å². The van der Waals surface area contributed by atoms with Gasteiger partial charge in [-0.3, -0.25) is 9.67 Å². The number of nitrogens with one attached hydrogen (secondary N) is 1. The highest BCUT2D eigenvalue weighted by Crippen LogP contribution is 2.28. The highest BCUT2D eigenvalue weighted by Gasteiger charge is 2.30. The summed E-state index contributed by atoms with van der Waals surface area (Å²) in [5, 5.41) is 7.92. The number of hydrogen-bond acceptors (Lipinski definition) is 2. The highest BCUT2D eigenvalue weighted by molar-refractivity contribution is 14.0. The van der Waals surface area contributed by atoms with Crippen molar-refractivity contribution >= 4 is 29.9 Å². The fraction of sp³-hybridized carbons (Fsp3) is 0.765. The molecule has 2 heterocycles. The lowest BCUT2D eigenvalue weighted by Crippen LogP contribution is -2.40. The van der Waals surface area contributed by atoms with E-state index in [9.17, 15) is 0 Å². The lowest BCUT2D eigenvalue weighted by Gasteiger charge is -2.23. The number of aromatic nitrogens is 2. The van der Waals surface area contributed by atoms with E-state index < -0.39 is 0 Å². The maximum Gasteiger partial charge on any atom is 0.193 e. The Bertz CT molecular complexity index is 547. The molecular formula is C17H32IN5. The average Bonchev–Trinajstić information content (AvgIpc) is 2.91. The van der Waals surface area contributed by atoms with Gasteiger partial charge in [-0.1, -0.05) is 13.8 Å². The van der Waals surface area contributed by atoms with Gasteiger partial charge in [0.15, 0.2) is 5.96 Å². The van der Waals surface area contributed by atoms with Gasteiger partial charge in [0, 0.05) is 38.9 Å². The summed E-state index contributed by atoms with van der Waals surface area (Å²) in [7, 11) is 2.01. The molecule has 1 aliphatic rings. The van der Waals surface area contributed by atoms with E-state index in [0.29, 0.717) is 5.41 Å². The van der Waals surface area contributed by atoms with Crippen LogP contribution in [0.15, 0.2) is 4.99 Å². The molecule has 2 rings (SSSR count). The predicted octanol–water partition coefficient (Wildman–Crippen LogP) is 2.89. The Morgan fingerprint density at radius 1 is 1.35 bits per heavy atom. The number of halogens is 1. The van der Waals surface area contributed by atoms with E-state index in [1.807, 2.05) is 11.7 Å². The molecule has 1 aromatic heterocycles. The Labute approximate surface area is 157 Å². The van der Waals surface area contributed by atoms with E-state index in [1.165, 1.54) is 17.7 Å². The van der Waals surface area contributed by atoms with Crippen molar-refractivity contribution in [3.63, 3.8) is 0 Å². The second-order valence-electron chi connectivity index (χ2n) is 7.09. The molecule has 0 aliphatic carbocycles. The van der Waals surface area contributed by atoms with Crippen molar-refractivity contribution in [2.45, 2.75) is 47.5 Å². The van der Waals surface area contributed by atoms with Crippen LogP contribution < -0.4 is 5.32 Å². The fourth-order valence-electron chi connectivity index (χ4n) is 3.17. The number of rotatable bonds is 4. The summed E-state index contributed by atoms with van der Waals surface area (Å²) in [5.74, 6) is 1.06. The molecule has 5 nitrogen and oxygen atoms in total. The van der Waals surface area contributed by atoms with Gasteiger partial charge in [0.2, 0.25) is 0 Å². The van der Waals surface area contributed by atoms with Gasteiger partial charge >= 0.3 is 0 Å². The van der Waals surface area contributed by atoms with Gasteiger partial charge in [-0.15, -0.1) is 24.0 Å². The van der Waals surface area contributed by atoms with Gasteiger partial charge in [0.25, 0.3) is 0 Å². The van der Waals surface area contributed by atoms with E-state index in [1.54, 1.807) is 0 Å². The molecule has 1 saturated heterocycles. The van der Waals surface area contributed by atoms with Crippen molar-refractivity contribution in [3.8, 4) is 0 Å². The molecule has 0 unspecified atom stereocenters. The molecule has 23 heavy (non-hydrogen) atoms. The van der Waals surface area contributed by atoms with Crippen molar-refractivity contribution in [2.75, 3.05) is 26.2 Å². The number of nitrogens with zero attached hydrogens (tertiary/aromatic N) is 4. The molecule has 1 aromatic rings. The largest absolute Gasteiger partial charge is 0.357 e. The van der Waals surface area contributed by atoms with Crippen molar-refractivity contribution in [2.24, 2.45) is 17.5 Å². The van der Waals surface area contributed by atoms with Gasteiger partial charge in [0.1, 0.15) is 0 Å². The number of aryl methyl sites for hydroxylation is 2. The molecule has 1 N–H and O–H groups in total. The molecule has 132 valence electrons. The summed E-state index contributed by atoms with van der Waals surface area (Å²) in [6.45, 7) is 14.9. The standard InChI is InChI=1S/C17H31N5.HI/c1-7-18-16(22-11-9-17(4,5)12-22)19-10-8-15-13(2)20-21(6)14(15)3;/h7-12H2,1-6H3,(H,18,19);1H. The van der Waals surface area contributed by atoms with Crippen LogP contribution in [0.4, 0.5) is 0 Å². The minimum Gasteiger partial charge on any atom is -0.357 e. The van der Waals surface area contributed by atoms with Crippen LogP contribution >= 0.6 is 24.0 Å². The Morgan fingerprint density at radius 2 is 2.04 bits per heavy atom. The lowest BCUT2D eigenvalue weighted by atomic mass is 9.93. The minimum atomic E-state index is 0. The summed E-state index contributed by atoms with van der Waals surface area (Å²) in [5.41, 5.74) is 4.11. The third-order valence-corrected chi connectivity index (χ3v) is 4.59. The third-order valence-electron chi connectivity index (χ3n) is 4.59. The maximum atomic E-state index is 4.84. The van der Waals surface area contributed by atoms with Gasteiger partial charge in [-0.05, 0) is 44.6 Å². The molecule has 6 heteroatoms. The SMILES string of the molecule is CCNC(=NCCc1c(C)nn(C)c1C)N1CCC(C)(C)C1.I. The quantitative estimate of drug-likeness (QED) is 0.451. The van der Waals surface area contributed by atoms with Gasteiger partial charge in [-0.2, -0.15) is 5.10 Å². The van der Waals surface area contributed by atoms with Crippen LogP contribution in [0.2, 0.25) is 0 Å². The van der Waals surface area contributed by atoms with E-state index in [2.05, 4.69) is 49.9 Å². The second-order valence-corrected chi connectivity index (χ2v) is 7.09. The number of hydrogen-bond donors (Lipinski definition) is 1. The van der Waals surface area contributed by atoms with Crippen LogP contribution in [0.25, 0.3) is 0 Å². The van der Waals surface area contributed by atoms with Crippen LogP contribution in [0.3, 0.4) is 0 Å². The van der Waals surface area contributed by atoms with Gasteiger partial charge in [0.05, 0.1) is 5.69 Å². The van der Waals surface area contributed by atoms with Crippen LogP contribution in [0.1, 0.15) is 44.1 Å².